The van der Waals surface area contributed by atoms with Crippen molar-refractivity contribution in [3.63, 3.8) is 0 Å². The first-order chi connectivity index (χ1) is 10.5. The van der Waals surface area contributed by atoms with E-state index < -0.39 is 0 Å². The summed E-state index contributed by atoms with van der Waals surface area (Å²) in [5, 5.41) is 9.67. The molecule has 2 rings (SSSR count). The molecule has 0 aliphatic carbocycles. The van der Waals surface area contributed by atoms with Crippen LogP contribution in [0.4, 0.5) is 4.79 Å². The molecule has 0 aromatic carbocycles. The third-order valence-corrected chi connectivity index (χ3v) is 2.96. The highest BCUT2D eigenvalue weighted by atomic mass is 16.2. The lowest BCUT2D eigenvalue weighted by atomic mass is 10.3. The fourth-order valence-electron chi connectivity index (χ4n) is 1.94. The van der Waals surface area contributed by atoms with E-state index in [1.165, 1.54) is 9.25 Å². The Hall–Kier alpha value is -2.64. The highest BCUT2D eigenvalue weighted by Crippen LogP contribution is 2.09. The van der Waals surface area contributed by atoms with Crippen molar-refractivity contribution < 1.29 is 4.79 Å². The smallest absolute Gasteiger partial charge is 0.336 e. The molecule has 2 heterocycles. The highest BCUT2D eigenvalue weighted by molar-refractivity contribution is 5.73. The summed E-state index contributed by atoms with van der Waals surface area (Å²) in [6.45, 7) is 4.37. The average molecular weight is 304 g/mol. The molecule has 22 heavy (non-hydrogen) atoms. The number of amides is 2. The van der Waals surface area contributed by atoms with Crippen molar-refractivity contribution in [1.29, 1.82) is 0 Å². The van der Waals surface area contributed by atoms with Crippen molar-refractivity contribution in [3.05, 3.63) is 34.9 Å². The number of pyridine rings is 1. The lowest BCUT2D eigenvalue weighted by molar-refractivity contribution is 0.238. The molecule has 2 aromatic heterocycles. The zero-order valence-corrected chi connectivity index (χ0v) is 12.9. The molecular formula is C14H20N6O2. The van der Waals surface area contributed by atoms with Crippen molar-refractivity contribution in [1.82, 2.24) is 30.0 Å². The zero-order valence-electron chi connectivity index (χ0n) is 12.9. The van der Waals surface area contributed by atoms with E-state index in [0.717, 1.165) is 0 Å². The predicted octanol–water partition coefficient (Wildman–Crippen LogP) is 0.351. The van der Waals surface area contributed by atoms with Crippen LogP contribution < -0.4 is 16.3 Å². The summed E-state index contributed by atoms with van der Waals surface area (Å²) in [5.74, 6) is 0.497. The van der Waals surface area contributed by atoms with Crippen LogP contribution in [0, 0.1) is 0 Å². The molecule has 8 heteroatoms. The largest absolute Gasteiger partial charge is 0.346 e. The number of hydrogen-bond acceptors (Lipinski definition) is 4. The first-order valence-corrected chi connectivity index (χ1v) is 7.08. The lowest BCUT2D eigenvalue weighted by Crippen LogP contribution is -2.41. The summed E-state index contributed by atoms with van der Waals surface area (Å²) < 4.78 is 2.76. The number of nitrogens with zero attached hydrogens (tertiary/aromatic N) is 4. The molecule has 2 aromatic rings. The Kier molecular flexibility index (Phi) is 4.92. The van der Waals surface area contributed by atoms with E-state index in [1.54, 1.807) is 25.4 Å². The Labute approximate surface area is 128 Å². The molecule has 0 atom stereocenters. The van der Waals surface area contributed by atoms with Gasteiger partial charge in [0.25, 0.3) is 0 Å². The highest BCUT2D eigenvalue weighted by Gasteiger charge is 2.12. The molecule has 0 radical (unpaired) electrons. The summed E-state index contributed by atoms with van der Waals surface area (Å²) in [6, 6.07) is 5.23. The molecule has 0 saturated heterocycles. The molecule has 118 valence electrons. The van der Waals surface area contributed by atoms with Crippen LogP contribution >= 0.6 is 0 Å². The molecule has 0 bridgehead atoms. The summed E-state index contributed by atoms with van der Waals surface area (Å²) in [6.07, 6.45) is 1.65. The van der Waals surface area contributed by atoms with Crippen molar-refractivity contribution in [2.45, 2.75) is 26.4 Å². The van der Waals surface area contributed by atoms with Gasteiger partial charge in [-0.3, -0.25) is 9.55 Å². The Balaban J connectivity index is 2.04. The van der Waals surface area contributed by atoms with E-state index in [0.29, 0.717) is 24.6 Å². The number of urea groups is 1. The van der Waals surface area contributed by atoms with Crippen molar-refractivity contribution in [3.8, 4) is 11.5 Å². The van der Waals surface area contributed by atoms with E-state index in [-0.39, 0.29) is 17.8 Å². The van der Waals surface area contributed by atoms with Crippen LogP contribution in [0.3, 0.4) is 0 Å². The second kappa shape index (κ2) is 6.88. The van der Waals surface area contributed by atoms with Crippen LogP contribution in [-0.4, -0.2) is 37.9 Å². The Morgan fingerprint density at radius 1 is 1.36 bits per heavy atom. The summed E-state index contributed by atoms with van der Waals surface area (Å²) in [4.78, 5) is 27.8. The molecule has 0 fully saturated rings. The number of rotatable bonds is 5. The number of carbonyl (C=O) groups excluding carboxylic acids is 1. The number of aromatic nitrogens is 4. The summed E-state index contributed by atoms with van der Waals surface area (Å²) >= 11 is 0. The van der Waals surface area contributed by atoms with Gasteiger partial charge in [0.2, 0.25) is 0 Å². The van der Waals surface area contributed by atoms with Crippen molar-refractivity contribution in [2.75, 3.05) is 6.54 Å². The SMILES string of the molecule is CC(C)NC(=O)NCCn1nc(-c2ccccn2)n(C)c1=O. The predicted molar refractivity (Wildman–Crippen MR) is 82.4 cm³/mol. The van der Waals surface area contributed by atoms with Gasteiger partial charge in [0, 0.05) is 25.8 Å². The van der Waals surface area contributed by atoms with E-state index in [2.05, 4.69) is 20.7 Å². The quantitative estimate of drug-likeness (QED) is 0.833. The molecular weight excluding hydrogens is 284 g/mol. The summed E-state index contributed by atoms with van der Waals surface area (Å²) in [5.41, 5.74) is 0.387. The maximum absolute atomic E-state index is 12.1. The van der Waals surface area contributed by atoms with Crippen LogP contribution in [0.15, 0.2) is 29.2 Å². The molecule has 0 aliphatic heterocycles. The number of nitrogens with one attached hydrogen (secondary N) is 2. The van der Waals surface area contributed by atoms with Gasteiger partial charge in [0.15, 0.2) is 5.82 Å². The number of hydrogen-bond donors (Lipinski definition) is 2. The topological polar surface area (TPSA) is 93.8 Å². The van der Waals surface area contributed by atoms with E-state index in [4.69, 9.17) is 0 Å². The van der Waals surface area contributed by atoms with Crippen LogP contribution in [0.2, 0.25) is 0 Å². The first kappa shape index (κ1) is 15.7. The van der Waals surface area contributed by atoms with Crippen LogP contribution in [0.25, 0.3) is 11.5 Å². The molecule has 0 unspecified atom stereocenters. The Morgan fingerprint density at radius 3 is 2.77 bits per heavy atom. The second-order valence-corrected chi connectivity index (χ2v) is 5.16. The Bertz CT molecular complexity index is 689. The minimum atomic E-state index is -0.260. The first-order valence-electron chi connectivity index (χ1n) is 7.08. The zero-order chi connectivity index (χ0) is 16.1. The van der Waals surface area contributed by atoms with Crippen molar-refractivity contribution in [2.24, 2.45) is 7.05 Å². The van der Waals surface area contributed by atoms with Crippen LogP contribution in [0.5, 0.6) is 0 Å². The van der Waals surface area contributed by atoms with Crippen LogP contribution in [-0.2, 0) is 13.6 Å². The van der Waals surface area contributed by atoms with E-state index >= 15 is 0 Å². The van der Waals surface area contributed by atoms with Gasteiger partial charge in [-0.1, -0.05) is 6.07 Å². The number of carbonyl (C=O) groups is 1. The molecule has 8 nitrogen and oxygen atoms in total. The molecule has 0 saturated carbocycles. The third kappa shape index (κ3) is 3.72. The van der Waals surface area contributed by atoms with Gasteiger partial charge in [0.05, 0.1) is 6.54 Å². The molecule has 2 N–H and O–H groups in total. The van der Waals surface area contributed by atoms with E-state index in [9.17, 15) is 9.59 Å². The fraction of sp³-hybridized carbons (Fsp3) is 0.429. The van der Waals surface area contributed by atoms with Crippen LogP contribution in [0.1, 0.15) is 13.8 Å². The monoisotopic (exact) mass is 304 g/mol. The van der Waals surface area contributed by atoms with Gasteiger partial charge in [0.1, 0.15) is 5.69 Å². The van der Waals surface area contributed by atoms with Gasteiger partial charge < -0.3 is 10.6 Å². The maximum Gasteiger partial charge on any atom is 0.346 e. The minimum absolute atomic E-state index is 0.0633. The van der Waals surface area contributed by atoms with Gasteiger partial charge in [-0.05, 0) is 26.0 Å². The minimum Gasteiger partial charge on any atom is -0.336 e. The van der Waals surface area contributed by atoms with Gasteiger partial charge in [-0.2, -0.15) is 0 Å². The molecule has 2 amide bonds. The second-order valence-electron chi connectivity index (χ2n) is 5.16. The lowest BCUT2D eigenvalue weighted by Gasteiger charge is -2.09. The van der Waals surface area contributed by atoms with Gasteiger partial charge >= 0.3 is 11.7 Å². The summed E-state index contributed by atoms with van der Waals surface area (Å²) in [7, 11) is 1.65. The van der Waals surface area contributed by atoms with E-state index in [1.807, 2.05) is 19.9 Å². The molecule has 0 aliphatic rings. The van der Waals surface area contributed by atoms with Crippen molar-refractivity contribution >= 4 is 6.03 Å². The maximum atomic E-state index is 12.1. The van der Waals surface area contributed by atoms with Gasteiger partial charge in [-0.25, -0.2) is 14.3 Å². The normalized spacial score (nSPS) is 10.7. The fourth-order valence-corrected chi connectivity index (χ4v) is 1.94. The third-order valence-electron chi connectivity index (χ3n) is 2.96. The van der Waals surface area contributed by atoms with Gasteiger partial charge in [-0.15, -0.1) is 5.10 Å². The molecule has 0 spiro atoms. The standard InChI is InChI=1S/C14H20N6O2/c1-10(2)17-13(21)16-8-9-20-14(22)19(3)12(18-20)11-6-4-5-7-15-11/h4-7,10H,8-9H2,1-3H3,(H2,16,17,21). The Morgan fingerprint density at radius 2 is 2.14 bits per heavy atom. The average Bonchev–Trinajstić information content (AvgIpc) is 2.76.